The summed E-state index contributed by atoms with van der Waals surface area (Å²) in [6.07, 6.45) is 0.365. The third kappa shape index (κ3) is 2.84. The van der Waals surface area contributed by atoms with Gasteiger partial charge in [0, 0.05) is 46.4 Å². The van der Waals surface area contributed by atoms with Gasteiger partial charge in [0.05, 0.1) is 30.1 Å². The summed E-state index contributed by atoms with van der Waals surface area (Å²) in [6, 6.07) is 2.38. The van der Waals surface area contributed by atoms with Gasteiger partial charge in [0.15, 0.2) is 10.9 Å². The lowest BCUT2D eigenvalue weighted by molar-refractivity contribution is -0.113. The van der Waals surface area contributed by atoms with Gasteiger partial charge in [0.25, 0.3) is 0 Å². The highest BCUT2D eigenvalue weighted by molar-refractivity contribution is 7.22. The fourth-order valence-electron chi connectivity index (χ4n) is 3.81. The van der Waals surface area contributed by atoms with Crippen molar-refractivity contribution < 1.29 is 9.47 Å². The van der Waals surface area contributed by atoms with Crippen LogP contribution in [0.4, 0.5) is 10.9 Å². The Morgan fingerprint density at radius 3 is 2.81 bits per heavy atom. The number of fused-ring (bicyclic) bond motifs is 2. The number of thiazole rings is 1. The first-order valence-electron chi connectivity index (χ1n) is 9.04. The minimum absolute atomic E-state index is 0.365. The molecule has 1 unspecified atom stereocenters. The monoisotopic (exact) mass is 395 g/mol. The summed E-state index contributed by atoms with van der Waals surface area (Å²) < 4.78 is 11.8. The number of hydrogen-bond donors (Lipinski definition) is 0. The van der Waals surface area contributed by atoms with E-state index in [-0.39, 0.29) is 0 Å². The lowest BCUT2D eigenvalue weighted by atomic mass is 9.95. The van der Waals surface area contributed by atoms with Crippen LogP contribution in [-0.2, 0) is 9.47 Å². The maximum Gasteiger partial charge on any atom is 0.186 e. The topological polar surface area (TPSA) is 54.0 Å². The smallest absolute Gasteiger partial charge is 0.186 e. The van der Waals surface area contributed by atoms with E-state index >= 15 is 0 Å². The fraction of sp³-hybridized carbons (Fsp3) is 0.647. The molecule has 0 N–H and O–H groups in total. The van der Waals surface area contributed by atoms with Gasteiger partial charge in [0.2, 0.25) is 0 Å². The minimum atomic E-state index is 0.365. The zero-order chi connectivity index (χ0) is 17.7. The lowest BCUT2D eigenvalue weighted by Crippen LogP contribution is -2.71. The van der Waals surface area contributed by atoms with Crippen LogP contribution < -0.4 is 9.80 Å². The highest BCUT2D eigenvalue weighted by Crippen LogP contribution is 2.41. The number of nitrogens with zero attached hydrogens (tertiary/aromatic N) is 5. The average Bonchev–Trinajstić information content (AvgIpc) is 3.06. The van der Waals surface area contributed by atoms with Crippen molar-refractivity contribution in [3.05, 3.63) is 11.2 Å². The van der Waals surface area contributed by atoms with E-state index in [4.69, 9.17) is 26.1 Å². The molecule has 26 heavy (non-hydrogen) atoms. The van der Waals surface area contributed by atoms with E-state index in [9.17, 15) is 0 Å². The zero-order valence-corrected chi connectivity index (χ0v) is 16.3. The average molecular weight is 396 g/mol. The number of halogens is 1. The lowest BCUT2D eigenvalue weighted by Gasteiger charge is -2.55. The number of anilines is 2. The normalized spacial score (nSPS) is 25.9. The maximum absolute atomic E-state index is 6.29. The first-order chi connectivity index (χ1) is 12.7. The van der Waals surface area contributed by atoms with Crippen molar-refractivity contribution in [2.45, 2.75) is 12.1 Å². The molecule has 3 aliphatic heterocycles. The third-order valence-electron chi connectivity index (χ3n) is 5.53. The minimum Gasteiger partial charge on any atom is -0.383 e. The van der Waals surface area contributed by atoms with Gasteiger partial charge >= 0.3 is 0 Å². The van der Waals surface area contributed by atoms with E-state index in [0.29, 0.717) is 17.3 Å². The van der Waals surface area contributed by atoms with Crippen LogP contribution in [0, 0.1) is 0 Å². The molecule has 2 aromatic heterocycles. The van der Waals surface area contributed by atoms with E-state index in [1.807, 2.05) is 6.07 Å². The molecule has 0 spiro atoms. The standard InChI is InChI=1S/C17H22ClN5O2S/c1-24-7-6-21-2-4-22(5-3-21)17-20-15-13(26-17)8-14(18)19-16(15)23-9-12-11(23)10-25-12/h8,11-12H,2-7,9-10H2,1H3/t11-,12?/m1/s1. The zero-order valence-electron chi connectivity index (χ0n) is 14.7. The molecule has 3 fully saturated rings. The van der Waals surface area contributed by atoms with Gasteiger partial charge in [-0.2, -0.15) is 0 Å². The summed E-state index contributed by atoms with van der Waals surface area (Å²) >= 11 is 8.00. The Hall–Kier alpha value is -1.19. The summed E-state index contributed by atoms with van der Waals surface area (Å²) in [5.74, 6) is 0.915. The van der Waals surface area contributed by atoms with Crippen molar-refractivity contribution >= 4 is 44.1 Å². The van der Waals surface area contributed by atoms with Crippen molar-refractivity contribution in [2.75, 3.05) is 69.4 Å². The summed E-state index contributed by atoms with van der Waals surface area (Å²) in [5, 5.41) is 1.61. The van der Waals surface area contributed by atoms with Gasteiger partial charge in [-0.15, -0.1) is 0 Å². The Morgan fingerprint density at radius 2 is 2.15 bits per heavy atom. The highest BCUT2D eigenvalue weighted by atomic mass is 35.5. The first-order valence-corrected chi connectivity index (χ1v) is 10.2. The van der Waals surface area contributed by atoms with Gasteiger partial charge in [-0.05, 0) is 6.07 Å². The molecule has 2 aromatic rings. The van der Waals surface area contributed by atoms with Gasteiger partial charge in [0.1, 0.15) is 10.7 Å². The molecule has 0 radical (unpaired) electrons. The number of pyridine rings is 1. The molecule has 9 heteroatoms. The van der Waals surface area contributed by atoms with Crippen LogP contribution in [0.1, 0.15) is 0 Å². The number of rotatable bonds is 5. The van der Waals surface area contributed by atoms with Crippen LogP contribution in [-0.4, -0.2) is 86.6 Å². The van der Waals surface area contributed by atoms with E-state index in [1.54, 1.807) is 18.4 Å². The van der Waals surface area contributed by atoms with Gasteiger partial charge in [-0.1, -0.05) is 22.9 Å². The number of methoxy groups -OCH3 is 1. The summed E-state index contributed by atoms with van der Waals surface area (Å²) in [5.41, 5.74) is 0.974. The first kappa shape index (κ1) is 16.9. The Balaban J connectivity index is 1.37. The molecule has 0 saturated carbocycles. The Morgan fingerprint density at radius 1 is 1.31 bits per heavy atom. The summed E-state index contributed by atoms with van der Waals surface area (Å²) in [6.45, 7) is 7.50. The molecule has 7 nitrogen and oxygen atoms in total. The van der Waals surface area contributed by atoms with Crippen LogP contribution in [0.15, 0.2) is 6.07 Å². The molecule has 2 atom stereocenters. The van der Waals surface area contributed by atoms with Crippen molar-refractivity contribution in [3.63, 3.8) is 0 Å². The highest BCUT2D eigenvalue weighted by Gasteiger charge is 2.48. The molecule has 0 aromatic carbocycles. The molecule has 0 amide bonds. The molecule has 0 bridgehead atoms. The Bertz CT molecular complexity index is 810. The second-order valence-electron chi connectivity index (χ2n) is 7.02. The molecule has 3 aliphatic rings. The van der Waals surface area contributed by atoms with Gasteiger partial charge in [-0.25, -0.2) is 9.97 Å². The van der Waals surface area contributed by atoms with Crippen molar-refractivity contribution in [2.24, 2.45) is 0 Å². The molecule has 0 aliphatic carbocycles. The van der Waals surface area contributed by atoms with Gasteiger partial charge in [-0.3, -0.25) is 4.90 Å². The largest absolute Gasteiger partial charge is 0.383 e. The van der Waals surface area contributed by atoms with E-state index in [2.05, 4.69) is 19.7 Å². The molecule has 5 rings (SSSR count). The number of morpholine rings is 1. The second kappa shape index (κ2) is 6.76. The van der Waals surface area contributed by atoms with Crippen LogP contribution in [0.5, 0.6) is 0 Å². The Labute approximate surface area is 161 Å². The molecule has 3 saturated heterocycles. The van der Waals surface area contributed by atoms with Crippen molar-refractivity contribution in [1.29, 1.82) is 0 Å². The molecular weight excluding hydrogens is 374 g/mol. The van der Waals surface area contributed by atoms with Crippen LogP contribution in [0.3, 0.4) is 0 Å². The van der Waals surface area contributed by atoms with E-state index in [0.717, 1.165) is 73.6 Å². The fourth-order valence-corrected chi connectivity index (χ4v) is 5.11. The van der Waals surface area contributed by atoms with E-state index in [1.165, 1.54) is 0 Å². The molecule has 140 valence electrons. The summed E-state index contributed by atoms with van der Waals surface area (Å²) in [4.78, 5) is 16.6. The number of aromatic nitrogens is 2. The predicted molar refractivity (Wildman–Crippen MR) is 104 cm³/mol. The number of hydrogen-bond acceptors (Lipinski definition) is 8. The quantitative estimate of drug-likeness (QED) is 0.714. The second-order valence-corrected chi connectivity index (χ2v) is 8.42. The Kier molecular flexibility index (Phi) is 4.41. The van der Waals surface area contributed by atoms with Crippen molar-refractivity contribution in [3.8, 4) is 0 Å². The number of ether oxygens (including phenoxy) is 2. The molecular formula is C17H22ClN5O2S. The van der Waals surface area contributed by atoms with Crippen LogP contribution >= 0.6 is 22.9 Å². The number of piperazine rings is 1. The maximum atomic E-state index is 6.29. The SMILES string of the molecule is COCCN1CCN(c2nc3c(N4CC5OC[C@H]54)nc(Cl)cc3s2)CC1. The van der Waals surface area contributed by atoms with Gasteiger partial charge < -0.3 is 19.3 Å². The predicted octanol–water partition coefficient (Wildman–Crippen LogP) is 1.70. The third-order valence-corrected chi connectivity index (χ3v) is 6.79. The van der Waals surface area contributed by atoms with Crippen molar-refractivity contribution in [1.82, 2.24) is 14.9 Å². The van der Waals surface area contributed by atoms with Crippen LogP contribution in [0.2, 0.25) is 5.15 Å². The summed E-state index contributed by atoms with van der Waals surface area (Å²) in [7, 11) is 1.75. The molecule has 5 heterocycles. The van der Waals surface area contributed by atoms with E-state index < -0.39 is 0 Å². The van der Waals surface area contributed by atoms with Crippen LogP contribution in [0.25, 0.3) is 10.2 Å².